The van der Waals surface area contributed by atoms with Gasteiger partial charge < -0.3 is 10.1 Å². The number of Topliss-reactive ketones (excluding diaryl/α,β-unsaturated/α-hetero) is 1. The zero-order chi connectivity index (χ0) is 18.5. The fraction of sp³-hybridized carbons (Fsp3) is 0.333. The lowest BCUT2D eigenvalue weighted by atomic mass is 10.0. The monoisotopic (exact) mass is 383 g/mol. The van der Waals surface area contributed by atoms with Gasteiger partial charge in [0.15, 0.2) is 12.4 Å². The van der Waals surface area contributed by atoms with Crippen molar-refractivity contribution < 1.29 is 27.5 Å². The van der Waals surface area contributed by atoms with Crippen LogP contribution in [-0.4, -0.2) is 31.0 Å². The highest BCUT2D eigenvalue weighted by atomic mass is 35.5. The molecule has 0 aliphatic rings. The van der Waals surface area contributed by atoms with Crippen molar-refractivity contribution in [2.45, 2.75) is 19.5 Å². The quantitative estimate of drug-likeness (QED) is 0.566. The van der Waals surface area contributed by atoms with E-state index in [1.165, 1.54) is 12.1 Å². The molecule has 1 amide bonds. The highest BCUT2D eigenvalue weighted by molar-refractivity contribution is 6.45. The predicted octanol–water partition coefficient (Wildman–Crippen LogP) is 4.20. The summed E-state index contributed by atoms with van der Waals surface area (Å²) in [6.45, 7) is 3.23. The number of halogens is 5. The van der Waals surface area contributed by atoms with Crippen LogP contribution >= 0.6 is 23.2 Å². The van der Waals surface area contributed by atoms with Crippen molar-refractivity contribution in [3.63, 3.8) is 0 Å². The number of amides is 1. The van der Waals surface area contributed by atoms with Gasteiger partial charge in [0.25, 0.3) is 5.91 Å². The minimum absolute atomic E-state index is 0.0255. The Morgan fingerprint density at radius 3 is 2.42 bits per heavy atom. The molecule has 132 valence electrons. The number of allylic oxidation sites excluding steroid dienone is 1. The minimum Gasteiger partial charge on any atom is -0.482 e. The van der Waals surface area contributed by atoms with Crippen molar-refractivity contribution in [3.8, 4) is 5.75 Å². The van der Waals surface area contributed by atoms with Crippen molar-refractivity contribution in [2.75, 3.05) is 13.2 Å². The van der Waals surface area contributed by atoms with Crippen molar-refractivity contribution in [2.24, 2.45) is 0 Å². The topological polar surface area (TPSA) is 55.4 Å². The molecule has 24 heavy (non-hydrogen) atoms. The molecule has 0 saturated carbocycles. The fourth-order valence-electron chi connectivity index (χ4n) is 1.56. The van der Waals surface area contributed by atoms with Gasteiger partial charge >= 0.3 is 6.18 Å². The summed E-state index contributed by atoms with van der Waals surface area (Å²) < 4.78 is 41.0. The second-order valence-corrected chi connectivity index (χ2v) is 5.46. The van der Waals surface area contributed by atoms with Gasteiger partial charge in [-0.2, -0.15) is 13.2 Å². The van der Waals surface area contributed by atoms with Crippen LogP contribution in [0, 0.1) is 0 Å². The molecule has 1 aromatic rings. The van der Waals surface area contributed by atoms with Crippen molar-refractivity contribution in [1.82, 2.24) is 5.32 Å². The SMILES string of the molecule is C=C(CC)C(=O)c1ccc(OCC(=O)NCC(F)(F)F)c(Cl)c1Cl. The molecule has 4 nitrogen and oxygen atoms in total. The molecule has 0 saturated heterocycles. The van der Waals surface area contributed by atoms with Gasteiger partial charge in [-0.05, 0) is 24.1 Å². The number of hydrogen-bond acceptors (Lipinski definition) is 3. The first-order valence-corrected chi connectivity index (χ1v) is 7.49. The molecule has 0 aliphatic heterocycles. The second kappa shape index (κ2) is 8.39. The van der Waals surface area contributed by atoms with Crippen LogP contribution in [0.5, 0.6) is 5.75 Å². The summed E-state index contributed by atoms with van der Waals surface area (Å²) in [5, 5.41) is 1.45. The first-order chi connectivity index (χ1) is 11.1. The van der Waals surface area contributed by atoms with E-state index in [9.17, 15) is 22.8 Å². The number of ether oxygens (including phenoxy) is 1. The summed E-state index contributed by atoms with van der Waals surface area (Å²) >= 11 is 12.0. The normalized spacial score (nSPS) is 11.1. The Labute approximate surface area is 146 Å². The fourth-order valence-corrected chi connectivity index (χ4v) is 2.02. The number of carbonyl (C=O) groups is 2. The summed E-state index contributed by atoms with van der Waals surface area (Å²) in [5.41, 5.74) is 0.468. The molecule has 0 aromatic heterocycles. The van der Waals surface area contributed by atoms with Gasteiger partial charge in [0.1, 0.15) is 17.3 Å². The molecule has 1 rings (SSSR count). The van der Waals surface area contributed by atoms with E-state index in [0.29, 0.717) is 12.0 Å². The standard InChI is InChI=1S/C15H14Cl2F3NO3/c1-3-8(2)14(23)9-4-5-10(13(17)12(9)16)24-6-11(22)21-7-15(18,19)20/h4-5H,2-3,6-7H2,1H3,(H,21,22). The summed E-state index contributed by atoms with van der Waals surface area (Å²) in [4.78, 5) is 23.3. The first kappa shape index (κ1) is 20.3. The Morgan fingerprint density at radius 2 is 1.88 bits per heavy atom. The number of ketones is 1. The molecule has 0 fully saturated rings. The largest absolute Gasteiger partial charge is 0.482 e. The third-order valence-corrected chi connectivity index (χ3v) is 3.75. The number of carbonyl (C=O) groups excluding carboxylic acids is 2. The Balaban J connectivity index is 2.78. The van der Waals surface area contributed by atoms with E-state index in [1.54, 1.807) is 12.2 Å². The minimum atomic E-state index is -4.51. The van der Waals surface area contributed by atoms with Crippen LogP contribution in [0.4, 0.5) is 13.2 Å². The maximum absolute atomic E-state index is 12.1. The molecule has 9 heteroatoms. The van der Waals surface area contributed by atoms with Crippen molar-refractivity contribution in [1.29, 1.82) is 0 Å². The molecule has 0 radical (unpaired) electrons. The summed E-state index contributed by atoms with van der Waals surface area (Å²) in [6.07, 6.45) is -4.08. The van der Waals surface area contributed by atoms with Crippen molar-refractivity contribution in [3.05, 3.63) is 39.9 Å². The Kier molecular flexibility index (Phi) is 7.10. The van der Waals surface area contributed by atoms with Gasteiger partial charge in [-0.15, -0.1) is 0 Å². The highest BCUT2D eigenvalue weighted by Gasteiger charge is 2.27. The van der Waals surface area contributed by atoms with Crippen LogP contribution in [0.3, 0.4) is 0 Å². The first-order valence-electron chi connectivity index (χ1n) is 6.73. The Hall–Kier alpha value is -1.73. The zero-order valence-corrected chi connectivity index (χ0v) is 14.1. The lowest BCUT2D eigenvalue weighted by Crippen LogP contribution is -2.36. The predicted molar refractivity (Wildman–Crippen MR) is 84.8 cm³/mol. The maximum atomic E-state index is 12.1. The molecule has 0 atom stereocenters. The number of benzene rings is 1. The van der Waals surface area contributed by atoms with E-state index in [4.69, 9.17) is 27.9 Å². The van der Waals surface area contributed by atoms with Gasteiger partial charge in [-0.3, -0.25) is 9.59 Å². The van der Waals surface area contributed by atoms with Crippen LogP contribution in [-0.2, 0) is 4.79 Å². The van der Waals surface area contributed by atoms with E-state index in [2.05, 4.69) is 6.58 Å². The third-order valence-electron chi connectivity index (χ3n) is 2.88. The summed E-state index contributed by atoms with van der Waals surface area (Å²) in [6, 6.07) is 2.65. The highest BCUT2D eigenvalue weighted by Crippen LogP contribution is 2.35. The van der Waals surface area contributed by atoms with Gasteiger partial charge in [-0.25, -0.2) is 0 Å². The van der Waals surface area contributed by atoms with E-state index in [-0.39, 0.29) is 27.1 Å². The average Bonchev–Trinajstić information content (AvgIpc) is 2.52. The molecule has 1 N–H and O–H groups in total. The van der Waals surface area contributed by atoms with Gasteiger partial charge in [0.2, 0.25) is 0 Å². The van der Waals surface area contributed by atoms with Gasteiger partial charge in [-0.1, -0.05) is 36.7 Å². The van der Waals surface area contributed by atoms with E-state index < -0.39 is 25.2 Å². The van der Waals surface area contributed by atoms with E-state index in [1.807, 2.05) is 0 Å². The lowest BCUT2D eigenvalue weighted by molar-refractivity contribution is -0.139. The van der Waals surface area contributed by atoms with E-state index >= 15 is 0 Å². The average molecular weight is 384 g/mol. The smallest absolute Gasteiger partial charge is 0.405 e. The number of nitrogens with one attached hydrogen (secondary N) is 1. The molecular weight excluding hydrogens is 370 g/mol. The second-order valence-electron chi connectivity index (χ2n) is 4.71. The van der Waals surface area contributed by atoms with Crippen LogP contribution in [0.2, 0.25) is 10.0 Å². The van der Waals surface area contributed by atoms with Crippen LogP contribution in [0.15, 0.2) is 24.3 Å². The summed E-state index contributed by atoms with van der Waals surface area (Å²) in [7, 11) is 0. The van der Waals surface area contributed by atoms with Gasteiger partial charge in [0, 0.05) is 5.56 Å². The molecular formula is C15H14Cl2F3NO3. The van der Waals surface area contributed by atoms with Gasteiger partial charge in [0.05, 0.1) is 5.02 Å². The van der Waals surface area contributed by atoms with Crippen LogP contribution < -0.4 is 10.1 Å². The Morgan fingerprint density at radius 1 is 1.25 bits per heavy atom. The zero-order valence-electron chi connectivity index (χ0n) is 12.6. The molecule has 0 unspecified atom stereocenters. The third kappa shape index (κ3) is 5.72. The molecule has 1 aromatic carbocycles. The number of alkyl halides is 3. The lowest BCUT2D eigenvalue weighted by Gasteiger charge is -2.12. The van der Waals surface area contributed by atoms with Crippen LogP contribution in [0.1, 0.15) is 23.7 Å². The Bertz CT molecular complexity index is 660. The molecule has 0 aliphatic carbocycles. The molecule has 0 bridgehead atoms. The maximum Gasteiger partial charge on any atom is 0.405 e. The van der Waals surface area contributed by atoms with E-state index in [0.717, 1.165) is 0 Å². The number of hydrogen-bond donors (Lipinski definition) is 1. The summed E-state index contributed by atoms with van der Waals surface area (Å²) in [5.74, 6) is -1.37. The van der Waals surface area contributed by atoms with Crippen molar-refractivity contribution >= 4 is 34.9 Å². The number of rotatable bonds is 7. The molecule has 0 heterocycles. The molecule has 0 spiro atoms. The van der Waals surface area contributed by atoms with Crippen LogP contribution in [0.25, 0.3) is 0 Å².